The maximum absolute atomic E-state index is 14.1. The molecule has 3 aromatic rings. The van der Waals surface area contributed by atoms with Crippen LogP contribution in [-0.2, 0) is 26.2 Å². The lowest BCUT2D eigenvalue weighted by Crippen LogP contribution is -2.52. The van der Waals surface area contributed by atoms with Gasteiger partial charge in [-0.05, 0) is 61.2 Å². The second kappa shape index (κ2) is 14.0. The molecule has 0 aliphatic carbocycles. The summed E-state index contributed by atoms with van der Waals surface area (Å²) >= 11 is 12.9. The van der Waals surface area contributed by atoms with Crippen molar-refractivity contribution in [3.63, 3.8) is 0 Å². The van der Waals surface area contributed by atoms with Gasteiger partial charge in [-0.25, -0.2) is 8.42 Å². The van der Waals surface area contributed by atoms with Crippen LogP contribution in [0.25, 0.3) is 0 Å². The van der Waals surface area contributed by atoms with Crippen LogP contribution in [0.4, 0.5) is 5.69 Å². The number of benzene rings is 3. The minimum atomic E-state index is -4.13. The fourth-order valence-electron chi connectivity index (χ4n) is 4.23. The molecule has 0 saturated carbocycles. The van der Waals surface area contributed by atoms with E-state index in [9.17, 15) is 18.0 Å². The molecule has 1 N–H and O–H groups in total. The van der Waals surface area contributed by atoms with E-state index < -0.39 is 28.5 Å². The first-order valence-electron chi connectivity index (χ1n) is 13.1. The van der Waals surface area contributed by atoms with Crippen LogP contribution in [0.15, 0.2) is 77.7 Å². The highest BCUT2D eigenvalue weighted by molar-refractivity contribution is 7.92. The number of halogens is 2. The van der Waals surface area contributed by atoms with E-state index >= 15 is 0 Å². The summed E-state index contributed by atoms with van der Waals surface area (Å²) in [6.07, 6.45) is 0.299. The number of aryl methyl sites for hydroxylation is 1. The molecule has 3 aromatic carbocycles. The van der Waals surface area contributed by atoms with Gasteiger partial charge in [0.1, 0.15) is 12.6 Å². The fraction of sp³-hybridized carbons (Fsp3) is 0.333. The molecular weight excluding hydrogens is 569 g/mol. The highest BCUT2D eigenvalue weighted by Gasteiger charge is 2.34. The Morgan fingerprint density at radius 3 is 2.12 bits per heavy atom. The second-order valence-electron chi connectivity index (χ2n) is 9.95. The van der Waals surface area contributed by atoms with E-state index in [1.807, 2.05) is 26.8 Å². The van der Waals surface area contributed by atoms with Gasteiger partial charge in [-0.3, -0.25) is 13.9 Å². The number of nitrogens with one attached hydrogen (secondary N) is 1. The Kier molecular flexibility index (Phi) is 11.0. The molecule has 0 aromatic heterocycles. The summed E-state index contributed by atoms with van der Waals surface area (Å²) in [5.41, 5.74) is 1.64. The zero-order chi connectivity index (χ0) is 29.4. The van der Waals surface area contributed by atoms with Gasteiger partial charge in [0.2, 0.25) is 11.8 Å². The quantitative estimate of drug-likeness (QED) is 0.272. The van der Waals surface area contributed by atoms with Crippen LogP contribution < -0.4 is 9.62 Å². The van der Waals surface area contributed by atoms with E-state index in [2.05, 4.69) is 5.32 Å². The summed E-state index contributed by atoms with van der Waals surface area (Å²) < 4.78 is 28.8. The van der Waals surface area contributed by atoms with Crippen molar-refractivity contribution in [1.82, 2.24) is 10.2 Å². The summed E-state index contributed by atoms with van der Waals surface area (Å²) in [4.78, 5) is 28.8. The Balaban J connectivity index is 2.08. The van der Waals surface area contributed by atoms with Crippen molar-refractivity contribution in [3.05, 3.63) is 94.0 Å². The molecule has 3 rings (SSSR count). The molecule has 0 aliphatic rings. The molecule has 1 atom stereocenters. The van der Waals surface area contributed by atoms with Crippen molar-refractivity contribution in [3.8, 4) is 0 Å². The van der Waals surface area contributed by atoms with Crippen LogP contribution in [-0.4, -0.2) is 44.3 Å². The molecule has 0 fully saturated rings. The fourth-order valence-corrected chi connectivity index (χ4v) is 6.17. The van der Waals surface area contributed by atoms with E-state index in [0.29, 0.717) is 34.3 Å². The number of rotatable bonds is 12. The van der Waals surface area contributed by atoms with Crippen LogP contribution >= 0.6 is 23.2 Å². The van der Waals surface area contributed by atoms with Gasteiger partial charge in [-0.15, -0.1) is 0 Å². The number of carbonyl (C=O) groups excluding carboxylic acids is 2. The summed E-state index contributed by atoms with van der Waals surface area (Å²) in [6, 6.07) is 19.0. The van der Waals surface area contributed by atoms with Crippen molar-refractivity contribution in [2.24, 2.45) is 5.92 Å². The average Bonchev–Trinajstić information content (AvgIpc) is 2.92. The third kappa shape index (κ3) is 7.77. The van der Waals surface area contributed by atoms with Crippen molar-refractivity contribution in [1.29, 1.82) is 0 Å². The monoisotopic (exact) mass is 603 g/mol. The highest BCUT2D eigenvalue weighted by Crippen LogP contribution is 2.29. The van der Waals surface area contributed by atoms with Gasteiger partial charge in [-0.1, -0.05) is 80.4 Å². The Hall–Kier alpha value is -3.07. The predicted molar refractivity (Wildman–Crippen MR) is 161 cm³/mol. The summed E-state index contributed by atoms with van der Waals surface area (Å²) in [6.45, 7) is 7.42. The number of anilines is 1. The molecular formula is C30H35Cl2N3O4S. The third-order valence-electron chi connectivity index (χ3n) is 6.36. The summed E-state index contributed by atoms with van der Waals surface area (Å²) in [5, 5.41) is 3.59. The number of sulfonamides is 1. The maximum Gasteiger partial charge on any atom is 0.264 e. The maximum atomic E-state index is 14.1. The van der Waals surface area contributed by atoms with Gasteiger partial charge in [0.05, 0.1) is 10.6 Å². The number of hydrogen-bond donors (Lipinski definition) is 1. The topological polar surface area (TPSA) is 86.8 Å². The first-order chi connectivity index (χ1) is 18.9. The Bertz CT molecular complexity index is 1410. The van der Waals surface area contributed by atoms with Crippen molar-refractivity contribution < 1.29 is 18.0 Å². The Morgan fingerprint density at radius 1 is 0.925 bits per heavy atom. The lowest BCUT2D eigenvalue weighted by Gasteiger charge is -2.33. The molecule has 2 amide bonds. The number of hydrogen-bond acceptors (Lipinski definition) is 4. The highest BCUT2D eigenvalue weighted by atomic mass is 35.5. The van der Waals surface area contributed by atoms with Crippen LogP contribution in [0.2, 0.25) is 10.0 Å². The Labute approximate surface area is 247 Å². The molecule has 214 valence electrons. The summed E-state index contributed by atoms with van der Waals surface area (Å²) in [5.74, 6) is -0.694. The van der Waals surface area contributed by atoms with E-state index in [1.54, 1.807) is 61.5 Å². The molecule has 0 aliphatic heterocycles. The largest absolute Gasteiger partial charge is 0.354 e. The van der Waals surface area contributed by atoms with Crippen LogP contribution in [0.5, 0.6) is 0 Å². The lowest BCUT2D eigenvalue weighted by atomic mass is 10.1. The van der Waals surface area contributed by atoms with Gasteiger partial charge in [0.25, 0.3) is 10.0 Å². The minimum absolute atomic E-state index is 0.0479. The lowest BCUT2D eigenvalue weighted by molar-refractivity contribution is -0.140. The third-order valence-corrected chi connectivity index (χ3v) is 8.86. The molecule has 7 nitrogen and oxygen atoms in total. The molecule has 0 radical (unpaired) electrons. The first kappa shape index (κ1) is 31.5. The van der Waals surface area contributed by atoms with Crippen LogP contribution in [0, 0.1) is 12.8 Å². The van der Waals surface area contributed by atoms with Gasteiger partial charge in [0.15, 0.2) is 0 Å². The van der Waals surface area contributed by atoms with Crippen molar-refractivity contribution >= 4 is 50.7 Å². The smallest absolute Gasteiger partial charge is 0.264 e. The molecule has 0 bridgehead atoms. The van der Waals surface area contributed by atoms with Gasteiger partial charge in [-0.2, -0.15) is 0 Å². The second-order valence-corrected chi connectivity index (χ2v) is 12.6. The molecule has 10 heteroatoms. The normalized spacial score (nSPS) is 12.2. The van der Waals surface area contributed by atoms with Gasteiger partial charge < -0.3 is 10.2 Å². The van der Waals surface area contributed by atoms with E-state index in [4.69, 9.17) is 23.2 Å². The molecule has 40 heavy (non-hydrogen) atoms. The number of nitrogens with zero attached hydrogens (tertiary/aromatic N) is 2. The van der Waals surface area contributed by atoms with Crippen LogP contribution in [0.3, 0.4) is 0 Å². The number of carbonyl (C=O) groups is 2. The number of amides is 2. The standard InChI is InChI=1S/C30H35Cl2N3O4S/c1-5-28(30(37)33-18-21(2)3)34(19-25-26(31)15-10-16-27(25)32)29(36)20-35(23-12-9-11-22(4)17-23)40(38,39)24-13-7-6-8-14-24/h6-17,21,28H,5,18-20H2,1-4H3,(H,33,37). The van der Waals surface area contributed by atoms with Crippen molar-refractivity contribution in [2.45, 2.75) is 51.6 Å². The first-order valence-corrected chi connectivity index (χ1v) is 15.3. The molecule has 1 unspecified atom stereocenters. The molecule has 0 heterocycles. The average molecular weight is 605 g/mol. The SMILES string of the molecule is CCC(C(=O)NCC(C)C)N(Cc1c(Cl)cccc1Cl)C(=O)CN(c1cccc(C)c1)S(=O)(=O)c1ccccc1. The minimum Gasteiger partial charge on any atom is -0.354 e. The van der Waals surface area contributed by atoms with E-state index in [0.717, 1.165) is 9.87 Å². The van der Waals surface area contributed by atoms with Crippen molar-refractivity contribution in [2.75, 3.05) is 17.4 Å². The van der Waals surface area contributed by atoms with Gasteiger partial charge >= 0.3 is 0 Å². The van der Waals surface area contributed by atoms with E-state index in [-0.39, 0.29) is 23.3 Å². The van der Waals surface area contributed by atoms with E-state index in [1.165, 1.54) is 17.0 Å². The zero-order valence-corrected chi connectivity index (χ0v) is 25.4. The molecule has 0 saturated heterocycles. The van der Waals surface area contributed by atoms with Crippen LogP contribution in [0.1, 0.15) is 38.3 Å². The molecule has 0 spiro atoms. The predicted octanol–water partition coefficient (Wildman–Crippen LogP) is 6.08. The summed E-state index contributed by atoms with van der Waals surface area (Å²) in [7, 11) is -4.13. The zero-order valence-electron chi connectivity index (χ0n) is 23.1. The Morgan fingerprint density at radius 2 is 1.55 bits per heavy atom. The van der Waals surface area contributed by atoms with Gasteiger partial charge in [0, 0.05) is 28.7 Å².